The number of anilines is 1. The summed E-state index contributed by atoms with van der Waals surface area (Å²) in [6.07, 6.45) is -3.28. The second-order valence-electron chi connectivity index (χ2n) is 7.73. The van der Waals surface area contributed by atoms with Crippen molar-refractivity contribution in [2.45, 2.75) is 18.8 Å². The lowest BCUT2D eigenvalue weighted by molar-refractivity contribution is -0.0498. The lowest BCUT2D eigenvalue weighted by Crippen LogP contribution is -2.40. The normalized spacial score (nSPS) is 17.7. The van der Waals surface area contributed by atoms with E-state index in [9.17, 15) is 18.4 Å². The molecular weight excluding hydrogens is 480 g/mol. The first-order valence-corrected chi connectivity index (χ1v) is 10.7. The van der Waals surface area contributed by atoms with Crippen LogP contribution in [0.1, 0.15) is 22.0 Å². The highest BCUT2D eigenvalue weighted by molar-refractivity contribution is 6.04. The highest BCUT2D eigenvalue weighted by atomic mass is 19.3. The minimum atomic E-state index is -2.97. The number of alkyl halides is 2. The van der Waals surface area contributed by atoms with Gasteiger partial charge in [-0.1, -0.05) is 6.07 Å². The number of ketones is 1. The Morgan fingerprint density at radius 3 is 2.47 bits per heavy atom. The molecule has 0 saturated carbocycles. The zero-order chi connectivity index (χ0) is 25.2. The number of halogens is 2. The Morgan fingerprint density at radius 1 is 0.972 bits per heavy atom. The number of rotatable bonds is 6. The zero-order valence-electron chi connectivity index (χ0n) is 18.7. The van der Waals surface area contributed by atoms with Gasteiger partial charge in [-0.3, -0.25) is 10.1 Å². The van der Waals surface area contributed by atoms with Gasteiger partial charge in [0.25, 0.3) is 0 Å². The molecule has 0 fully saturated rings. The van der Waals surface area contributed by atoms with Crippen LogP contribution in [-0.4, -0.2) is 38.5 Å². The van der Waals surface area contributed by atoms with Gasteiger partial charge in [0.15, 0.2) is 17.6 Å². The van der Waals surface area contributed by atoms with E-state index in [0.29, 0.717) is 22.8 Å². The molecule has 9 nitrogen and oxygen atoms in total. The molecule has 1 amide bonds. The van der Waals surface area contributed by atoms with E-state index in [1.54, 1.807) is 30.3 Å². The van der Waals surface area contributed by atoms with Crippen molar-refractivity contribution in [1.29, 1.82) is 0 Å². The third-order valence-corrected chi connectivity index (χ3v) is 5.53. The molecule has 11 heteroatoms. The molecule has 3 aromatic carbocycles. The number of hydrogen-bond donors (Lipinski definition) is 1. The first-order chi connectivity index (χ1) is 17.4. The SMILES string of the molecule is COc1ccc2c(c1)O[C@H](c1ccc3c(c1)OCO3)[C@@H](OC(=O)Nc1ccc(OC(F)F)cc1)C2=O. The van der Waals surface area contributed by atoms with Crippen molar-refractivity contribution in [2.75, 3.05) is 19.2 Å². The summed E-state index contributed by atoms with van der Waals surface area (Å²) in [5.74, 6) is 1.22. The molecular formula is C25H19F2NO8. The van der Waals surface area contributed by atoms with E-state index < -0.39 is 30.7 Å². The molecule has 2 heterocycles. The van der Waals surface area contributed by atoms with Crippen LogP contribution in [0, 0.1) is 0 Å². The summed E-state index contributed by atoms with van der Waals surface area (Å²) in [4.78, 5) is 26.1. The van der Waals surface area contributed by atoms with Crippen LogP contribution < -0.4 is 29.0 Å². The molecule has 2 aliphatic rings. The number of amides is 1. The molecule has 36 heavy (non-hydrogen) atoms. The van der Waals surface area contributed by atoms with Gasteiger partial charge in [-0.2, -0.15) is 8.78 Å². The number of carbonyl (C=O) groups excluding carboxylic acids is 2. The van der Waals surface area contributed by atoms with Crippen LogP contribution in [0.4, 0.5) is 19.3 Å². The number of benzene rings is 3. The van der Waals surface area contributed by atoms with Crippen molar-refractivity contribution < 1.29 is 46.8 Å². The standard InChI is InChI=1S/C25H19F2NO8/c1-31-16-7-8-17-19(11-16)35-22(13-2-9-18-20(10-13)33-12-32-18)23(21(17)29)36-25(30)28-14-3-5-15(6-4-14)34-24(26)27/h2-11,22-24H,12H2,1H3,(H,28,30)/t22-,23+/m1/s1. The van der Waals surface area contributed by atoms with Crippen LogP contribution in [0.2, 0.25) is 0 Å². The summed E-state index contributed by atoms with van der Waals surface area (Å²) in [5, 5.41) is 2.47. The quantitative estimate of drug-likeness (QED) is 0.508. The summed E-state index contributed by atoms with van der Waals surface area (Å²) >= 11 is 0. The highest BCUT2D eigenvalue weighted by Gasteiger charge is 2.42. The van der Waals surface area contributed by atoms with E-state index in [1.807, 2.05) is 0 Å². The molecule has 0 aromatic heterocycles. The van der Waals surface area contributed by atoms with Gasteiger partial charge < -0.3 is 28.4 Å². The molecule has 0 unspecified atom stereocenters. The van der Waals surface area contributed by atoms with Crippen LogP contribution in [0.15, 0.2) is 60.7 Å². The molecule has 0 radical (unpaired) electrons. The Morgan fingerprint density at radius 2 is 1.72 bits per heavy atom. The number of ether oxygens (including phenoxy) is 6. The van der Waals surface area contributed by atoms with Crippen LogP contribution in [-0.2, 0) is 4.74 Å². The summed E-state index contributed by atoms with van der Waals surface area (Å²) in [5.41, 5.74) is 0.988. The van der Waals surface area contributed by atoms with Crippen molar-refractivity contribution >= 4 is 17.6 Å². The topological polar surface area (TPSA) is 102 Å². The minimum absolute atomic E-state index is 0.0623. The van der Waals surface area contributed by atoms with Crippen LogP contribution >= 0.6 is 0 Å². The van der Waals surface area contributed by atoms with Gasteiger partial charge in [0.05, 0.1) is 12.7 Å². The van der Waals surface area contributed by atoms with Crippen molar-refractivity contribution in [3.63, 3.8) is 0 Å². The van der Waals surface area contributed by atoms with Gasteiger partial charge in [0, 0.05) is 17.3 Å². The highest BCUT2D eigenvalue weighted by Crippen LogP contribution is 2.41. The summed E-state index contributed by atoms with van der Waals surface area (Å²) < 4.78 is 56.6. The molecule has 0 bridgehead atoms. The van der Waals surface area contributed by atoms with E-state index in [2.05, 4.69) is 10.1 Å². The number of carbonyl (C=O) groups is 2. The minimum Gasteiger partial charge on any atom is -0.497 e. The van der Waals surface area contributed by atoms with Crippen molar-refractivity contribution in [2.24, 2.45) is 0 Å². The molecule has 0 spiro atoms. The van der Waals surface area contributed by atoms with Gasteiger partial charge in [-0.25, -0.2) is 4.79 Å². The van der Waals surface area contributed by atoms with E-state index >= 15 is 0 Å². The van der Waals surface area contributed by atoms with Gasteiger partial charge in [0.2, 0.25) is 18.7 Å². The molecule has 3 aromatic rings. The number of nitrogens with one attached hydrogen (secondary N) is 1. The lowest BCUT2D eigenvalue weighted by atomic mass is 9.93. The summed E-state index contributed by atoms with van der Waals surface area (Å²) in [7, 11) is 1.49. The average molecular weight is 499 g/mol. The molecule has 1 N–H and O–H groups in total. The van der Waals surface area contributed by atoms with E-state index in [4.69, 9.17) is 23.7 Å². The molecule has 2 atom stereocenters. The smallest absolute Gasteiger partial charge is 0.412 e. The largest absolute Gasteiger partial charge is 0.497 e. The molecule has 2 aliphatic heterocycles. The van der Waals surface area contributed by atoms with Gasteiger partial charge in [-0.15, -0.1) is 0 Å². The Bertz CT molecular complexity index is 1300. The second kappa shape index (κ2) is 9.61. The number of Topliss-reactive ketones (excluding diaryl/α,β-unsaturated/α-hetero) is 1. The number of fused-ring (bicyclic) bond motifs is 2. The fraction of sp³-hybridized carbons (Fsp3) is 0.200. The van der Waals surface area contributed by atoms with Crippen LogP contribution in [0.3, 0.4) is 0 Å². The number of hydrogen-bond acceptors (Lipinski definition) is 8. The number of methoxy groups -OCH3 is 1. The molecule has 5 rings (SSSR count). The summed E-state index contributed by atoms with van der Waals surface area (Å²) in [6, 6.07) is 15.0. The van der Waals surface area contributed by atoms with Crippen molar-refractivity contribution in [1.82, 2.24) is 0 Å². The van der Waals surface area contributed by atoms with Crippen molar-refractivity contribution in [3.8, 4) is 28.7 Å². The third kappa shape index (κ3) is 4.67. The van der Waals surface area contributed by atoms with Crippen LogP contribution in [0.5, 0.6) is 28.7 Å². The monoisotopic (exact) mass is 499 g/mol. The first-order valence-electron chi connectivity index (χ1n) is 10.7. The van der Waals surface area contributed by atoms with Crippen LogP contribution in [0.25, 0.3) is 0 Å². The predicted octanol–water partition coefficient (Wildman–Crippen LogP) is 4.96. The maximum absolute atomic E-state index is 13.4. The fourth-order valence-electron chi connectivity index (χ4n) is 3.85. The Hall–Kier alpha value is -4.54. The van der Waals surface area contributed by atoms with Crippen molar-refractivity contribution in [3.05, 3.63) is 71.8 Å². The van der Waals surface area contributed by atoms with Gasteiger partial charge in [0.1, 0.15) is 17.2 Å². The third-order valence-electron chi connectivity index (χ3n) is 5.53. The Labute approximate surface area is 203 Å². The first kappa shape index (κ1) is 23.2. The predicted molar refractivity (Wildman–Crippen MR) is 120 cm³/mol. The Kier molecular flexibility index (Phi) is 6.19. The maximum Gasteiger partial charge on any atom is 0.412 e. The van der Waals surface area contributed by atoms with E-state index in [1.165, 1.54) is 37.4 Å². The Balaban J connectivity index is 1.40. The molecule has 0 aliphatic carbocycles. The summed E-state index contributed by atoms with van der Waals surface area (Å²) in [6.45, 7) is -2.91. The lowest BCUT2D eigenvalue weighted by Gasteiger charge is -2.32. The van der Waals surface area contributed by atoms with Gasteiger partial charge in [-0.05, 0) is 48.5 Å². The maximum atomic E-state index is 13.4. The van der Waals surface area contributed by atoms with E-state index in [-0.39, 0.29) is 29.5 Å². The fourth-order valence-corrected chi connectivity index (χ4v) is 3.85. The average Bonchev–Trinajstić information content (AvgIpc) is 3.34. The van der Waals surface area contributed by atoms with Gasteiger partial charge >= 0.3 is 12.7 Å². The van der Waals surface area contributed by atoms with E-state index in [0.717, 1.165) is 0 Å². The molecule has 186 valence electrons. The molecule has 0 saturated heterocycles. The zero-order valence-corrected chi connectivity index (χ0v) is 18.7. The second-order valence-corrected chi connectivity index (χ2v) is 7.73.